The molecule has 0 radical (unpaired) electrons. The Morgan fingerprint density at radius 3 is 2.78 bits per heavy atom. The van der Waals surface area contributed by atoms with E-state index in [1.165, 1.54) is 6.07 Å². The van der Waals surface area contributed by atoms with Crippen LogP contribution in [0.4, 0.5) is 10.5 Å². The fraction of sp³-hybridized carbons (Fsp3) is 0.273. The van der Waals surface area contributed by atoms with Crippen LogP contribution >= 0.6 is 34.4 Å². The number of carboxylic acids is 1. The molecule has 1 rings (SSSR count). The standard InChI is InChI=1S/C11H13IN2O3S/c1-18-5-4-13-11(17)14-9-3-2-7(12)6-8(9)10(15)16/h2-3,6H,4-5H2,1H3,(H,15,16)(H2,13,14,17). The molecule has 0 unspecified atom stereocenters. The number of carbonyl (C=O) groups excluding carboxylic acids is 1. The lowest BCUT2D eigenvalue weighted by atomic mass is 10.2. The summed E-state index contributed by atoms with van der Waals surface area (Å²) in [5.74, 6) is -0.251. The maximum Gasteiger partial charge on any atom is 0.337 e. The molecule has 0 spiro atoms. The fourth-order valence-corrected chi connectivity index (χ4v) is 2.03. The Hall–Kier alpha value is -0.960. The van der Waals surface area contributed by atoms with Crippen LogP contribution in [0.3, 0.4) is 0 Å². The highest BCUT2D eigenvalue weighted by atomic mass is 127. The summed E-state index contributed by atoms with van der Waals surface area (Å²) >= 11 is 3.64. The third-order valence-corrected chi connectivity index (χ3v) is 3.34. The van der Waals surface area contributed by atoms with Gasteiger partial charge < -0.3 is 15.7 Å². The lowest BCUT2D eigenvalue weighted by Crippen LogP contribution is -2.31. The van der Waals surface area contributed by atoms with Crippen LogP contribution < -0.4 is 10.6 Å². The summed E-state index contributed by atoms with van der Waals surface area (Å²) in [7, 11) is 0. The molecule has 7 heteroatoms. The van der Waals surface area contributed by atoms with Gasteiger partial charge in [-0.15, -0.1) is 0 Å². The van der Waals surface area contributed by atoms with Crippen molar-refractivity contribution >= 4 is 52.0 Å². The Bertz CT molecular complexity index is 454. The molecule has 0 saturated carbocycles. The van der Waals surface area contributed by atoms with Crippen LogP contribution in [-0.4, -0.2) is 35.7 Å². The SMILES string of the molecule is CSCCNC(=O)Nc1ccc(I)cc1C(=O)O. The van der Waals surface area contributed by atoms with Crippen molar-refractivity contribution in [1.29, 1.82) is 0 Å². The van der Waals surface area contributed by atoms with Gasteiger partial charge >= 0.3 is 12.0 Å². The molecule has 0 aliphatic carbocycles. The highest BCUT2D eigenvalue weighted by molar-refractivity contribution is 14.1. The van der Waals surface area contributed by atoms with Gasteiger partial charge in [-0.05, 0) is 47.0 Å². The first-order valence-electron chi connectivity index (χ1n) is 5.11. The topological polar surface area (TPSA) is 78.4 Å². The van der Waals surface area contributed by atoms with Gasteiger partial charge in [-0.1, -0.05) is 0 Å². The van der Waals surface area contributed by atoms with E-state index < -0.39 is 12.0 Å². The van der Waals surface area contributed by atoms with Crippen LogP contribution in [0.1, 0.15) is 10.4 Å². The van der Waals surface area contributed by atoms with E-state index in [2.05, 4.69) is 10.6 Å². The molecule has 3 N–H and O–H groups in total. The molecule has 5 nitrogen and oxygen atoms in total. The minimum absolute atomic E-state index is 0.0851. The molecule has 0 aromatic heterocycles. The molecule has 0 aliphatic heterocycles. The first kappa shape index (κ1) is 15.1. The Balaban J connectivity index is 2.72. The molecular weight excluding hydrogens is 367 g/mol. The molecule has 2 amide bonds. The first-order valence-corrected chi connectivity index (χ1v) is 7.58. The molecular formula is C11H13IN2O3S. The highest BCUT2D eigenvalue weighted by Gasteiger charge is 2.12. The summed E-state index contributed by atoms with van der Waals surface area (Å²) < 4.78 is 0.804. The van der Waals surface area contributed by atoms with Crippen LogP contribution in [0.15, 0.2) is 18.2 Å². The van der Waals surface area contributed by atoms with Crippen molar-refractivity contribution in [1.82, 2.24) is 5.32 Å². The van der Waals surface area contributed by atoms with Crippen molar-refractivity contribution < 1.29 is 14.7 Å². The molecule has 0 aliphatic rings. The molecule has 98 valence electrons. The minimum atomic E-state index is -1.06. The summed E-state index contributed by atoms with van der Waals surface area (Å²) in [6.07, 6.45) is 1.95. The molecule has 0 fully saturated rings. The highest BCUT2D eigenvalue weighted by Crippen LogP contribution is 2.18. The third-order valence-electron chi connectivity index (χ3n) is 2.05. The van der Waals surface area contributed by atoms with E-state index >= 15 is 0 Å². The Labute approximate surface area is 123 Å². The second-order valence-corrected chi connectivity index (χ2v) is 5.60. The van der Waals surface area contributed by atoms with Crippen molar-refractivity contribution in [2.45, 2.75) is 0 Å². The molecule has 1 aromatic rings. The van der Waals surface area contributed by atoms with Crippen LogP contribution in [-0.2, 0) is 0 Å². The van der Waals surface area contributed by atoms with Gasteiger partial charge in [0.05, 0.1) is 11.3 Å². The van der Waals surface area contributed by atoms with E-state index in [0.717, 1.165) is 9.32 Å². The summed E-state index contributed by atoms with van der Waals surface area (Å²) in [4.78, 5) is 22.6. The van der Waals surface area contributed by atoms with Gasteiger partial charge in [-0.3, -0.25) is 0 Å². The molecule has 0 atom stereocenters. The second-order valence-electron chi connectivity index (χ2n) is 3.37. The average Bonchev–Trinajstić information content (AvgIpc) is 2.31. The molecule has 0 saturated heterocycles. The predicted octanol–water partition coefficient (Wildman–Crippen LogP) is 2.47. The zero-order valence-electron chi connectivity index (χ0n) is 9.70. The number of hydrogen-bond donors (Lipinski definition) is 3. The Kier molecular flexibility index (Phi) is 6.27. The first-order chi connectivity index (χ1) is 8.54. The zero-order valence-corrected chi connectivity index (χ0v) is 12.7. The number of benzene rings is 1. The normalized spacial score (nSPS) is 9.89. The van der Waals surface area contributed by atoms with Gasteiger partial charge in [0.15, 0.2) is 0 Å². The average molecular weight is 380 g/mol. The van der Waals surface area contributed by atoms with Gasteiger partial charge in [-0.25, -0.2) is 9.59 Å². The number of halogens is 1. The molecule has 0 heterocycles. The van der Waals surface area contributed by atoms with Crippen molar-refractivity contribution in [3.8, 4) is 0 Å². The number of hydrogen-bond acceptors (Lipinski definition) is 3. The van der Waals surface area contributed by atoms with E-state index in [0.29, 0.717) is 12.2 Å². The second kappa shape index (κ2) is 7.47. The van der Waals surface area contributed by atoms with Crippen molar-refractivity contribution in [2.75, 3.05) is 23.9 Å². The van der Waals surface area contributed by atoms with Gasteiger partial charge in [0, 0.05) is 15.9 Å². The van der Waals surface area contributed by atoms with Gasteiger partial charge in [-0.2, -0.15) is 11.8 Å². The number of rotatable bonds is 5. The lowest BCUT2D eigenvalue weighted by molar-refractivity contribution is 0.0698. The zero-order chi connectivity index (χ0) is 13.5. The quantitative estimate of drug-likeness (QED) is 0.542. The fourth-order valence-electron chi connectivity index (χ4n) is 1.24. The number of urea groups is 1. The van der Waals surface area contributed by atoms with Crippen molar-refractivity contribution in [3.63, 3.8) is 0 Å². The van der Waals surface area contributed by atoms with Crippen LogP contribution in [0, 0.1) is 3.57 Å². The number of anilines is 1. The number of amides is 2. The number of aromatic carboxylic acids is 1. The number of nitrogens with one attached hydrogen (secondary N) is 2. The summed E-state index contributed by atoms with van der Waals surface area (Å²) in [5, 5.41) is 14.2. The molecule has 0 bridgehead atoms. The maximum absolute atomic E-state index is 11.5. The summed E-state index contributed by atoms with van der Waals surface area (Å²) in [6.45, 7) is 0.541. The van der Waals surface area contributed by atoms with Crippen LogP contribution in [0.5, 0.6) is 0 Å². The van der Waals surface area contributed by atoms with E-state index in [1.54, 1.807) is 23.9 Å². The van der Waals surface area contributed by atoms with E-state index in [4.69, 9.17) is 5.11 Å². The van der Waals surface area contributed by atoms with Crippen molar-refractivity contribution in [2.24, 2.45) is 0 Å². The van der Waals surface area contributed by atoms with Crippen molar-refractivity contribution in [3.05, 3.63) is 27.3 Å². The third kappa shape index (κ3) is 4.73. The van der Waals surface area contributed by atoms with Gasteiger partial charge in [0.25, 0.3) is 0 Å². The predicted molar refractivity (Wildman–Crippen MR) is 81.5 cm³/mol. The number of carbonyl (C=O) groups is 2. The molecule has 1 aromatic carbocycles. The molecule has 18 heavy (non-hydrogen) atoms. The summed E-state index contributed by atoms with van der Waals surface area (Å²) in [5.41, 5.74) is 0.381. The Morgan fingerprint density at radius 2 is 2.17 bits per heavy atom. The van der Waals surface area contributed by atoms with E-state index in [1.807, 2.05) is 28.8 Å². The van der Waals surface area contributed by atoms with Crippen LogP contribution in [0.2, 0.25) is 0 Å². The minimum Gasteiger partial charge on any atom is -0.478 e. The van der Waals surface area contributed by atoms with E-state index in [9.17, 15) is 9.59 Å². The Morgan fingerprint density at radius 1 is 1.44 bits per heavy atom. The number of thioether (sulfide) groups is 1. The smallest absolute Gasteiger partial charge is 0.337 e. The summed E-state index contributed by atoms with van der Waals surface area (Å²) in [6, 6.07) is 4.44. The number of carboxylic acid groups (broad SMARTS) is 1. The van der Waals surface area contributed by atoms with Crippen LogP contribution in [0.25, 0.3) is 0 Å². The largest absolute Gasteiger partial charge is 0.478 e. The van der Waals surface area contributed by atoms with Gasteiger partial charge in [0.2, 0.25) is 0 Å². The lowest BCUT2D eigenvalue weighted by Gasteiger charge is -2.09. The van der Waals surface area contributed by atoms with E-state index in [-0.39, 0.29) is 5.56 Å². The monoisotopic (exact) mass is 380 g/mol. The van der Waals surface area contributed by atoms with Gasteiger partial charge in [0.1, 0.15) is 0 Å². The maximum atomic E-state index is 11.5.